The van der Waals surface area contributed by atoms with E-state index in [0.717, 1.165) is 25.3 Å². The van der Waals surface area contributed by atoms with Crippen LogP contribution in [0.3, 0.4) is 0 Å². The first kappa shape index (κ1) is 15.4. The van der Waals surface area contributed by atoms with Crippen molar-refractivity contribution in [2.45, 2.75) is 38.5 Å². The second kappa shape index (κ2) is 8.44. The van der Waals surface area contributed by atoms with Crippen molar-refractivity contribution >= 4 is 11.8 Å². The van der Waals surface area contributed by atoms with Crippen LogP contribution >= 0.6 is 11.8 Å². The molecule has 3 heteroatoms. The highest BCUT2D eigenvalue weighted by atomic mass is 32.2. The third-order valence-corrected chi connectivity index (χ3v) is 3.94. The van der Waals surface area contributed by atoms with Crippen LogP contribution in [0.2, 0.25) is 0 Å². The summed E-state index contributed by atoms with van der Waals surface area (Å²) in [6.45, 7) is 8.39. The molecule has 0 saturated carbocycles. The van der Waals surface area contributed by atoms with Gasteiger partial charge in [0.1, 0.15) is 5.75 Å². The Bertz CT molecular complexity index is 326. The Kier molecular flexibility index (Phi) is 7.21. The highest BCUT2D eigenvalue weighted by Gasteiger charge is 2.06. The Morgan fingerprint density at radius 1 is 1.22 bits per heavy atom. The zero-order valence-corrected chi connectivity index (χ0v) is 12.7. The van der Waals surface area contributed by atoms with E-state index in [-0.39, 0.29) is 0 Å². The van der Waals surface area contributed by atoms with Crippen LogP contribution < -0.4 is 10.1 Å². The molecule has 0 aliphatic heterocycles. The third-order valence-electron chi connectivity index (χ3n) is 2.97. The van der Waals surface area contributed by atoms with Crippen LogP contribution in [0, 0.1) is 0 Å². The summed E-state index contributed by atoms with van der Waals surface area (Å²) in [4.78, 5) is 0. The fourth-order valence-electron chi connectivity index (χ4n) is 1.62. The molecule has 0 heterocycles. The van der Waals surface area contributed by atoms with Gasteiger partial charge in [-0.15, -0.1) is 0 Å². The van der Waals surface area contributed by atoms with E-state index < -0.39 is 0 Å². The molecule has 0 aromatic heterocycles. The minimum atomic E-state index is 0.389. The maximum atomic E-state index is 5.58. The van der Waals surface area contributed by atoms with Crippen molar-refractivity contribution in [1.82, 2.24) is 5.32 Å². The van der Waals surface area contributed by atoms with Gasteiger partial charge in [0.2, 0.25) is 0 Å². The molecular formula is C15H25NOS. The largest absolute Gasteiger partial charge is 0.494 e. The van der Waals surface area contributed by atoms with E-state index in [1.54, 1.807) is 0 Å². The van der Waals surface area contributed by atoms with E-state index in [2.05, 4.69) is 56.6 Å². The van der Waals surface area contributed by atoms with Gasteiger partial charge in [0.05, 0.1) is 6.61 Å². The lowest BCUT2D eigenvalue weighted by molar-refractivity contribution is 0.317. The van der Waals surface area contributed by atoms with Crippen LogP contribution in [0.4, 0.5) is 0 Å². The summed E-state index contributed by atoms with van der Waals surface area (Å²) in [7, 11) is 0. The molecule has 1 aromatic carbocycles. The molecule has 0 spiro atoms. The van der Waals surface area contributed by atoms with Gasteiger partial charge in [0.15, 0.2) is 0 Å². The summed E-state index contributed by atoms with van der Waals surface area (Å²) < 4.78 is 5.58. The Hall–Kier alpha value is -0.670. The van der Waals surface area contributed by atoms with Gasteiger partial charge in [-0.05, 0) is 37.3 Å². The van der Waals surface area contributed by atoms with Crippen LogP contribution in [0.25, 0.3) is 0 Å². The Balaban J connectivity index is 2.45. The molecule has 1 aromatic rings. The second-order valence-corrected chi connectivity index (χ2v) is 5.87. The predicted octanol–water partition coefficient (Wildman–Crippen LogP) is 3.88. The van der Waals surface area contributed by atoms with E-state index >= 15 is 0 Å². The fourth-order valence-corrected chi connectivity index (χ4v) is 1.88. The van der Waals surface area contributed by atoms with Crippen molar-refractivity contribution in [1.29, 1.82) is 0 Å². The van der Waals surface area contributed by atoms with E-state index in [0.29, 0.717) is 11.3 Å². The number of hydrogen-bond donors (Lipinski definition) is 1. The van der Waals surface area contributed by atoms with Crippen molar-refractivity contribution in [2.24, 2.45) is 0 Å². The average molecular weight is 267 g/mol. The Morgan fingerprint density at radius 3 is 2.44 bits per heavy atom. The standard InChI is InChI=1S/C15H25NOS/c1-5-10-17-15-8-6-14(7-9-15)13(3)16-11-12(2)18-4/h6-9,12-13,16H,5,10-11H2,1-4H3. The number of rotatable bonds is 8. The highest BCUT2D eigenvalue weighted by Crippen LogP contribution is 2.18. The van der Waals surface area contributed by atoms with Gasteiger partial charge in [-0.25, -0.2) is 0 Å². The zero-order valence-electron chi connectivity index (χ0n) is 11.9. The van der Waals surface area contributed by atoms with Gasteiger partial charge in [-0.2, -0.15) is 11.8 Å². The van der Waals surface area contributed by atoms with Crippen molar-refractivity contribution in [3.05, 3.63) is 29.8 Å². The first-order valence-electron chi connectivity index (χ1n) is 6.66. The molecule has 102 valence electrons. The molecule has 0 radical (unpaired) electrons. The van der Waals surface area contributed by atoms with Gasteiger partial charge < -0.3 is 10.1 Å². The third kappa shape index (κ3) is 5.32. The second-order valence-electron chi connectivity index (χ2n) is 4.59. The molecular weight excluding hydrogens is 242 g/mol. The highest BCUT2D eigenvalue weighted by molar-refractivity contribution is 7.99. The maximum Gasteiger partial charge on any atom is 0.119 e. The van der Waals surface area contributed by atoms with E-state index in [4.69, 9.17) is 4.74 Å². The van der Waals surface area contributed by atoms with Gasteiger partial charge in [-0.1, -0.05) is 26.0 Å². The molecule has 1 N–H and O–H groups in total. The molecule has 2 unspecified atom stereocenters. The molecule has 2 nitrogen and oxygen atoms in total. The summed E-state index contributed by atoms with van der Waals surface area (Å²) in [5, 5.41) is 4.20. The smallest absolute Gasteiger partial charge is 0.119 e. The van der Waals surface area contributed by atoms with Crippen LogP contribution in [0.5, 0.6) is 5.75 Å². The topological polar surface area (TPSA) is 21.3 Å². The van der Waals surface area contributed by atoms with Gasteiger partial charge in [0.25, 0.3) is 0 Å². The molecule has 0 aliphatic rings. The quantitative estimate of drug-likeness (QED) is 0.772. The normalized spacial score (nSPS) is 14.2. The first-order valence-corrected chi connectivity index (χ1v) is 7.95. The number of benzene rings is 1. The Morgan fingerprint density at radius 2 is 1.89 bits per heavy atom. The molecule has 0 amide bonds. The van der Waals surface area contributed by atoms with Crippen LogP contribution in [0.15, 0.2) is 24.3 Å². The lowest BCUT2D eigenvalue weighted by Crippen LogP contribution is -2.25. The number of hydrogen-bond acceptors (Lipinski definition) is 3. The summed E-state index contributed by atoms with van der Waals surface area (Å²) in [5.74, 6) is 0.963. The summed E-state index contributed by atoms with van der Waals surface area (Å²) in [5.41, 5.74) is 1.31. The zero-order chi connectivity index (χ0) is 13.4. The predicted molar refractivity (Wildman–Crippen MR) is 81.6 cm³/mol. The SMILES string of the molecule is CCCOc1ccc(C(C)NCC(C)SC)cc1. The minimum absolute atomic E-state index is 0.389. The van der Waals surface area contributed by atoms with Crippen molar-refractivity contribution in [3.8, 4) is 5.75 Å². The summed E-state index contributed by atoms with van der Waals surface area (Å²) in [6, 6.07) is 8.79. The fraction of sp³-hybridized carbons (Fsp3) is 0.600. The number of thioether (sulfide) groups is 1. The summed E-state index contributed by atoms with van der Waals surface area (Å²) >= 11 is 1.89. The Labute approximate surface area is 116 Å². The maximum absolute atomic E-state index is 5.58. The van der Waals surface area contributed by atoms with Crippen LogP contribution in [-0.2, 0) is 0 Å². The van der Waals surface area contributed by atoms with E-state index in [1.807, 2.05) is 11.8 Å². The van der Waals surface area contributed by atoms with Crippen LogP contribution in [-0.4, -0.2) is 24.7 Å². The molecule has 1 rings (SSSR count). The molecule has 0 fully saturated rings. The number of ether oxygens (including phenoxy) is 1. The van der Waals surface area contributed by atoms with Gasteiger partial charge in [0, 0.05) is 17.8 Å². The first-order chi connectivity index (χ1) is 8.67. The van der Waals surface area contributed by atoms with Gasteiger partial charge >= 0.3 is 0 Å². The molecule has 18 heavy (non-hydrogen) atoms. The molecule has 0 aliphatic carbocycles. The van der Waals surface area contributed by atoms with Crippen molar-refractivity contribution < 1.29 is 4.74 Å². The monoisotopic (exact) mass is 267 g/mol. The van der Waals surface area contributed by atoms with Crippen molar-refractivity contribution in [3.63, 3.8) is 0 Å². The average Bonchev–Trinajstić information content (AvgIpc) is 2.42. The lowest BCUT2D eigenvalue weighted by Gasteiger charge is -2.17. The van der Waals surface area contributed by atoms with E-state index in [1.165, 1.54) is 5.56 Å². The molecule has 0 bridgehead atoms. The number of nitrogens with one attached hydrogen (secondary N) is 1. The van der Waals surface area contributed by atoms with Gasteiger partial charge in [-0.3, -0.25) is 0 Å². The van der Waals surface area contributed by atoms with Crippen molar-refractivity contribution in [2.75, 3.05) is 19.4 Å². The molecule has 2 atom stereocenters. The van der Waals surface area contributed by atoms with Crippen LogP contribution in [0.1, 0.15) is 38.8 Å². The minimum Gasteiger partial charge on any atom is -0.494 e. The van der Waals surface area contributed by atoms with E-state index in [9.17, 15) is 0 Å². The summed E-state index contributed by atoms with van der Waals surface area (Å²) in [6.07, 6.45) is 3.20. The molecule has 0 saturated heterocycles. The lowest BCUT2D eigenvalue weighted by atomic mass is 10.1.